The molecule has 0 spiro atoms. The van der Waals surface area contributed by atoms with Gasteiger partial charge in [-0.3, -0.25) is 5.41 Å². The van der Waals surface area contributed by atoms with E-state index in [1.807, 2.05) is 19.0 Å². The van der Waals surface area contributed by atoms with E-state index in [1.165, 1.54) is 29.2 Å². The predicted molar refractivity (Wildman–Crippen MR) is 75.8 cm³/mol. The number of benzene rings is 1. The van der Waals surface area contributed by atoms with Crippen LogP contribution in [0.3, 0.4) is 0 Å². The van der Waals surface area contributed by atoms with Crippen molar-refractivity contribution in [3.63, 3.8) is 0 Å². The minimum absolute atomic E-state index is 0.152. The van der Waals surface area contributed by atoms with Crippen LogP contribution >= 0.6 is 23.1 Å². The molecule has 0 amide bonds. The lowest BCUT2D eigenvalue weighted by atomic mass is 10.2. The third-order valence-electron chi connectivity index (χ3n) is 2.22. The van der Waals surface area contributed by atoms with Crippen molar-refractivity contribution in [3.05, 3.63) is 29.6 Å². The van der Waals surface area contributed by atoms with Crippen molar-refractivity contribution >= 4 is 34.1 Å². The van der Waals surface area contributed by atoms with Crippen molar-refractivity contribution in [1.82, 2.24) is 10.2 Å². The average molecular weight is 297 g/mol. The number of aromatic nitrogens is 2. The molecule has 0 atom stereocenters. The lowest BCUT2D eigenvalue weighted by molar-refractivity contribution is 0.601. The van der Waals surface area contributed by atoms with Crippen LogP contribution in [0.1, 0.15) is 5.56 Å². The second-order valence-corrected chi connectivity index (χ2v) is 6.15. The van der Waals surface area contributed by atoms with Gasteiger partial charge in [0.25, 0.3) is 0 Å². The number of hydrogen-bond acceptors (Lipinski definition) is 6. The van der Waals surface area contributed by atoms with E-state index >= 15 is 0 Å². The van der Waals surface area contributed by atoms with Crippen molar-refractivity contribution in [3.8, 4) is 0 Å². The Balaban J connectivity index is 2.20. The van der Waals surface area contributed by atoms with Crippen molar-refractivity contribution in [2.24, 2.45) is 5.73 Å². The Morgan fingerprint density at radius 2 is 2.16 bits per heavy atom. The normalized spacial score (nSPS) is 10.5. The number of nitrogens with one attached hydrogen (secondary N) is 1. The average Bonchev–Trinajstić information content (AvgIpc) is 2.80. The molecule has 5 nitrogen and oxygen atoms in total. The van der Waals surface area contributed by atoms with E-state index in [1.54, 1.807) is 12.1 Å². The molecule has 3 N–H and O–H groups in total. The van der Waals surface area contributed by atoms with Crippen molar-refractivity contribution in [2.75, 3.05) is 19.0 Å². The van der Waals surface area contributed by atoms with Gasteiger partial charge in [0.05, 0.1) is 4.90 Å². The summed E-state index contributed by atoms with van der Waals surface area (Å²) in [6.07, 6.45) is 0. The number of nitrogens with zero attached hydrogens (tertiary/aromatic N) is 3. The number of anilines is 1. The van der Waals surface area contributed by atoms with Crippen LogP contribution in [0.2, 0.25) is 0 Å². The van der Waals surface area contributed by atoms with Gasteiger partial charge in [0.1, 0.15) is 11.7 Å². The maximum atomic E-state index is 13.8. The third-order valence-corrected chi connectivity index (χ3v) is 4.41. The summed E-state index contributed by atoms with van der Waals surface area (Å²) in [6.45, 7) is 0. The van der Waals surface area contributed by atoms with Gasteiger partial charge in [-0.15, -0.1) is 10.2 Å². The first-order valence-corrected chi connectivity index (χ1v) is 6.93. The maximum Gasteiger partial charge on any atom is 0.208 e. The fourth-order valence-electron chi connectivity index (χ4n) is 1.27. The van der Waals surface area contributed by atoms with Crippen molar-refractivity contribution < 1.29 is 4.39 Å². The number of nitrogen functional groups attached to an aromatic ring is 1. The van der Waals surface area contributed by atoms with E-state index in [4.69, 9.17) is 11.1 Å². The molecule has 0 bridgehead atoms. The second-order valence-electron chi connectivity index (χ2n) is 3.91. The summed E-state index contributed by atoms with van der Waals surface area (Å²) in [4.78, 5) is 2.28. The van der Waals surface area contributed by atoms with Crippen molar-refractivity contribution in [1.29, 1.82) is 5.41 Å². The van der Waals surface area contributed by atoms with Crippen LogP contribution < -0.4 is 10.6 Å². The van der Waals surface area contributed by atoms with Gasteiger partial charge in [-0.1, -0.05) is 23.1 Å². The largest absolute Gasteiger partial charge is 0.384 e. The molecule has 8 heteroatoms. The van der Waals surface area contributed by atoms with E-state index in [0.717, 1.165) is 5.13 Å². The molecule has 2 rings (SSSR count). The number of amidine groups is 1. The SMILES string of the molecule is CN(C)c1nnc(Sc2ccc(C(=N)N)cc2F)s1. The zero-order valence-corrected chi connectivity index (χ0v) is 12.0. The molecule has 1 aromatic heterocycles. The molecular formula is C11H12FN5S2. The zero-order chi connectivity index (χ0) is 14.0. The molecular weight excluding hydrogens is 285 g/mol. The molecule has 0 saturated carbocycles. The monoisotopic (exact) mass is 297 g/mol. The summed E-state index contributed by atoms with van der Waals surface area (Å²) < 4.78 is 14.5. The molecule has 0 aliphatic carbocycles. The fourth-order valence-corrected chi connectivity index (χ4v) is 2.99. The van der Waals surface area contributed by atoms with Gasteiger partial charge in [-0.25, -0.2) is 4.39 Å². The van der Waals surface area contributed by atoms with E-state index in [0.29, 0.717) is 14.8 Å². The van der Waals surface area contributed by atoms with Gasteiger partial charge >= 0.3 is 0 Å². The minimum atomic E-state index is -0.417. The first kappa shape index (κ1) is 13.8. The molecule has 0 aliphatic heterocycles. The van der Waals surface area contributed by atoms with Gasteiger partial charge in [0, 0.05) is 19.7 Å². The predicted octanol–water partition coefficient (Wildman–Crippen LogP) is 2.18. The summed E-state index contributed by atoms with van der Waals surface area (Å²) in [5.41, 5.74) is 5.67. The Labute approximate surface area is 118 Å². The van der Waals surface area contributed by atoms with Crippen LogP contribution in [0, 0.1) is 11.2 Å². The van der Waals surface area contributed by atoms with Gasteiger partial charge in [0.2, 0.25) is 5.13 Å². The Kier molecular flexibility index (Phi) is 4.01. The summed E-state index contributed by atoms with van der Waals surface area (Å²) in [5.74, 6) is -0.569. The molecule has 1 aromatic carbocycles. The van der Waals surface area contributed by atoms with Crippen LogP contribution in [0.4, 0.5) is 9.52 Å². The quantitative estimate of drug-likeness (QED) is 0.668. The van der Waals surface area contributed by atoms with Crippen LogP contribution in [-0.4, -0.2) is 30.1 Å². The van der Waals surface area contributed by atoms with E-state index in [9.17, 15) is 4.39 Å². The smallest absolute Gasteiger partial charge is 0.208 e. The molecule has 100 valence electrons. The van der Waals surface area contributed by atoms with E-state index in [-0.39, 0.29) is 5.84 Å². The van der Waals surface area contributed by atoms with Crippen LogP contribution in [0.25, 0.3) is 0 Å². The molecule has 1 heterocycles. The molecule has 0 aliphatic rings. The molecule has 0 unspecified atom stereocenters. The Morgan fingerprint density at radius 1 is 1.42 bits per heavy atom. The summed E-state index contributed by atoms with van der Waals surface area (Å²) in [7, 11) is 3.74. The highest BCUT2D eigenvalue weighted by molar-refractivity contribution is 8.01. The molecule has 0 saturated heterocycles. The highest BCUT2D eigenvalue weighted by Crippen LogP contribution is 2.34. The van der Waals surface area contributed by atoms with Crippen LogP contribution in [0.15, 0.2) is 27.4 Å². The summed E-state index contributed by atoms with van der Waals surface area (Å²) in [5, 5.41) is 16.0. The third kappa shape index (κ3) is 3.21. The number of halogens is 1. The van der Waals surface area contributed by atoms with Gasteiger partial charge in [-0.05, 0) is 18.2 Å². The van der Waals surface area contributed by atoms with E-state index in [2.05, 4.69) is 10.2 Å². The first-order valence-electron chi connectivity index (χ1n) is 5.30. The number of nitrogens with two attached hydrogens (primary N) is 1. The van der Waals surface area contributed by atoms with Crippen molar-refractivity contribution in [2.45, 2.75) is 9.24 Å². The second kappa shape index (κ2) is 5.54. The van der Waals surface area contributed by atoms with Gasteiger partial charge < -0.3 is 10.6 Å². The maximum absolute atomic E-state index is 13.8. The van der Waals surface area contributed by atoms with E-state index < -0.39 is 5.82 Å². The van der Waals surface area contributed by atoms with Gasteiger partial charge in [0.15, 0.2) is 4.34 Å². The highest BCUT2D eigenvalue weighted by Gasteiger charge is 2.11. The Bertz CT molecular complexity index is 611. The Hall–Kier alpha value is -1.67. The molecule has 19 heavy (non-hydrogen) atoms. The minimum Gasteiger partial charge on any atom is -0.384 e. The van der Waals surface area contributed by atoms with Crippen LogP contribution in [-0.2, 0) is 0 Å². The lowest BCUT2D eigenvalue weighted by Crippen LogP contribution is -2.11. The highest BCUT2D eigenvalue weighted by atomic mass is 32.2. The topological polar surface area (TPSA) is 78.9 Å². The number of rotatable bonds is 4. The molecule has 2 aromatic rings. The number of hydrogen-bond donors (Lipinski definition) is 2. The standard InChI is InChI=1S/C11H12FN5S2/c1-17(2)10-15-16-11(19-10)18-8-4-3-6(9(13)14)5-7(8)12/h3-5H,1-2H3,(H3,13,14). The zero-order valence-electron chi connectivity index (χ0n) is 10.3. The Morgan fingerprint density at radius 3 is 2.68 bits per heavy atom. The summed E-state index contributed by atoms with van der Waals surface area (Å²) >= 11 is 2.59. The lowest BCUT2D eigenvalue weighted by Gasteiger charge is -2.04. The first-order chi connectivity index (χ1) is 8.97. The fraction of sp³-hybridized carbons (Fsp3) is 0.182. The molecule has 0 fully saturated rings. The van der Waals surface area contributed by atoms with Gasteiger partial charge in [-0.2, -0.15) is 0 Å². The summed E-state index contributed by atoms with van der Waals surface area (Å²) in [6, 6.07) is 4.45. The molecule has 0 radical (unpaired) electrons. The van der Waals surface area contributed by atoms with Crippen LogP contribution in [0.5, 0.6) is 0 Å².